The number of hydrogen-bond donors (Lipinski definition) is 1. The third-order valence-corrected chi connectivity index (χ3v) is 2.67. The van der Waals surface area contributed by atoms with E-state index in [1.165, 1.54) is 0 Å². The molecule has 90 valence electrons. The Morgan fingerprint density at radius 3 is 2.47 bits per heavy atom. The van der Waals surface area contributed by atoms with Gasteiger partial charge in [-0.05, 0) is 19.1 Å². The summed E-state index contributed by atoms with van der Waals surface area (Å²) in [6, 6.07) is 1.74. The summed E-state index contributed by atoms with van der Waals surface area (Å²) >= 11 is 1.07. The van der Waals surface area contributed by atoms with Crippen molar-refractivity contribution in [1.82, 2.24) is 9.36 Å². The quantitative estimate of drug-likeness (QED) is 0.861. The normalized spacial score (nSPS) is 10.6. The van der Waals surface area contributed by atoms with E-state index in [1.807, 2.05) is 6.92 Å². The molecule has 0 saturated carbocycles. The number of hydrogen-bond acceptors (Lipinski definition) is 4. The molecule has 7 heteroatoms. The van der Waals surface area contributed by atoms with Gasteiger partial charge >= 0.3 is 0 Å². The van der Waals surface area contributed by atoms with Crippen LogP contribution in [0.1, 0.15) is 6.92 Å². The lowest BCUT2D eigenvalue weighted by atomic mass is 10.2. The van der Waals surface area contributed by atoms with Crippen LogP contribution in [0.25, 0.3) is 11.4 Å². The highest BCUT2D eigenvalue weighted by Gasteiger charge is 2.14. The minimum Gasteiger partial charge on any atom is -0.361 e. The fraction of sp³-hybridized carbons (Fsp3) is 0.200. The smallest absolute Gasteiger partial charge is 0.202 e. The Balaban J connectivity index is 2.39. The molecule has 0 aliphatic heterocycles. The Hall–Kier alpha value is -1.63. The van der Waals surface area contributed by atoms with Crippen LogP contribution in [0.5, 0.6) is 0 Å². The van der Waals surface area contributed by atoms with E-state index in [4.69, 9.17) is 0 Å². The number of aromatic nitrogens is 2. The molecular formula is C10H8F3N3S. The van der Waals surface area contributed by atoms with E-state index in [-0.39, 0.29) is 11.4 Å². The molecule has 0 aliphatic carbocycles. The van der Waals surface area contributed by atoms with Crippen molar-refractivity contribution in [3.63, 3.8) is 0 Å². The van der Waals surface area contributed by atoms with Gasteiger partial charge in [0.05, 0.1) is 0 Å². The summed E-state index contributed by atoms with van der Waals surface area (Å²) in [6.45, 7) is 2.55. The van der Waals surface area contributed by atoms with E-state index in [0.717, 1.165) is 23.7 Å². The summed E-state index contributed by atoms with van der Waals surface area (Å²) in [6.07, 6.45) is 0. The first-order valence-corrected chi connectivity index (χ1v) is 5.61. The lowest BCUT2D eigenvalue weighted by molar-refractivity contribution is 0.447. The number of halogens is 3. The molecular weight excluding hydrogens is 251 g/mol. The molecule has 0 fully saturated rings. The molecule has 1 aromatic carbocycles. The number of anilines is 1. The second-order valence-electron chi connectivity index (χ2n) is 3.21. The summed E-state index contributed by atoms with van der Waals surface area (Å²) < 4.78 is 42.7. The highest BCUT2D eigenvalue weighted by Crippen LogP contribution is 2.24. The summed E-state index contributed by atoms with van der Waals surface area (Å²) in [5, 5.41) is 3.47. The maximum atomic E-state index is 13.0. The Bertz CT molecular complexity index is 518. The summed E-state index contributed by atoms with van der Waals surface area (Å²) in [5.74, 6) is -3.82. The van der Waals surface area contributed by atoms with Gasteiger partial charge in [0.25, 0.3) is 0 Å². The standard InChI is InChI=1S/C10H8F3N3S/c1-2-14-10-15-9(16-17-10)5-3-6(11)8(13)7(12)4-5/h3-4H,2H2,1H3,(H,14,15,16). The Labute approximate surface area is 99.5 Å². The minimum absolute atomic E-state index is 0.113. The van der Waals surface area contributed by atoms with Crippen LogP contribution in [0.15, 0.2) is 12.1 Å². The molecule has 17 heavy (non-hydrogen) atoms. The minimum atomic E-state index is -1.49. The largest absolute Gasteiger partial charge is 0.361 e. The monoisotopic (exact) mass is 259 g/mol. The zero-order valence-electron chi connectivity index (χ0n) is 8.80. The van der Waals surface area contributed by atoms with Crippen LogP contribution in [0.2, 0.25) is 0 Å². The van der Waals surface area contributed by atoms with Gasteiger partial charge in [-0.1, -0.05) is 0 Å². The first-order chi connectivity index (χ1) is 8.11. The van der Waals surface area contributed by atoms with Crippen LogP contribution in [-0.2, 0) is 0 Å². The van der Waals surface area contributed by atoms with Crippen molar-refractivity contribution in [2.45, 2.75) is 6.92 Å². The van der Waals surface area contributed by atoms with E-state index in [9.17, 15) is 13.2 Å². The predicted molar refractivity (Wildman–Crippen MR) is 59.4 cm³/mol. The van der Waals surface area contributed by atoms with Gasteiger partial charge < -0.3 is 5.32 Å². The van der Waals surface area contributed by atoms with Crippen LogP contribution in [-0.4, -0.2) is 15.9 Å². The first kappa shape index (κ1) is 11.8. The van der Waals surface area contributed by atoms with Gasteiger partial charge in [-0.3, -0.25) is 0 Å². The molecule has 0 saturated heterocycles. The molecule has 1 heterocycles. The van der Waals surface area contributed by atoms with Crippen molar-refractivity contribution in [2.24, 2.45) is 0 Å². The topological polar surface area (TPSA) is 37.8 Å². The van der Waals surface area contributed by atoms with Gasteiger partial charge in [0, 0.05) is 23.6 Å². The van der Waals surface area contributed by atoms with Crippen molar-refractivity contribution >= 4 is 16.7 Å². The molecule has 0 atom stereocenters. The van der Waals surface area contributed by atoms with Crippen LogP contribution >= 0.6 is 11.5 Å². The summed E-state index contributed by atoms with van der Waals surface area (Å²) in [7, 11) is 0. The highest BCUT2D eigenvalue weighted by molar-refractivity contribution is 7.09. The van der Waals surface area contributed by atoms with Crippen molar-refractivity contribution in [1.29, 1.82) is 0 Å². The molecule has 0 amide bonds. The van der Waals surface area contributed by atoms with Crippen molar-refractivity contribution in [2.75, 3.05) is 11.9 Å². The van der Waals surface area contributed by atoms with Gasteiger partial charge in [0.1, 0.15) is 0 Å². The van der Waals surface area contributed by atoms with Gasteiger partial charge in [-0.25, -0.2) is 13.2 Å². The highest BCUT2D eigenvalue weighted by atomic mass is 32.1. The Morgan fingerprint density at radius 2 is 1.88 bits per heavy atom. The third kappa shape index (κ3) is 2.38. The average molecular weight is 259 g/mol. The van der Waals surface area contributed by atoms with Crippen LogP contribution in [0.3, 0.4) is 0 Å². The molecule has 0 radical (unpaired) electrons. The van der Waals surface area contributed by atoms with Crippen LogP contribution in [0, 0.1) is 17.5 Å². The third-order valence-electron chi connectivity index (χ3n) is 2.00. The van der Waals surface area contributed by atoms with E-state index in [0.29, 0.717) is 11.7 Å². The lowest BCUT2D eigenvalue weighted by Gasteiger charge is -1.99. The van der Waals surface area contributed by atoms with Gasteiger partial charge in [0.15, 0.2) is 23.3 Å². The van der Waals surface area contributed by atoms with E-state index in [1.54, 1.807) is 0 Å². The number of rotatable bonds is 3. The molecule has 2 rings (SSSR count). The van der Waals surface area contributed by atoms with Gasteiger partial charge in [-0.15, -0.1) is 0 Å². The van der Waals surface area contributed by atoms with Crippen molar-refractivity contribution < 1.29 is 13.2 Å². The van der Waals surface area contributed by atoms with E-state index in [2.05, 4.69) is 14.7 Å². The molecule has 0 bridgehead atoms. The fourth-order valence-corrected chi connectivity index (χ4v) is 1.90. The number of nitrogens with one attached hydrogen (secondary N) is 1. The molecule has 2 aromatic rings. The lowest BCUT2D eigenvalue weighted by Crippen LogP contribution is -1.96. The molecule has 0 spiro atoms. The molecule has 1 N–H and O–H groups in total. The molecule has 0 unspecified atom stereocenters. The number of nitrogens with zero attached hydrogens (tertiary/aromatic N) is 2. The second kappa shape index (κ2) is 4.70. The first-order valence-electron chi connectivity index (χ1n) is 4.84. The van der Waals surface area contributed by atoms with Crippen LogP contribution in [0.4, 0.5) is 18.3 Å². The van der Waals surface area contributed by atoms with Crippen LogP contribution < -0.4 is 5.32 Å². The second-order valence-corrected chi connectivity index (χ2v) is 3.96. The van der Waals surface area contributed by atoms with Gasteiger partial charge in [0.2, 0.25) is 5.13 Å². The van der Waals surface area contributed by atoms with Crippen molar-refractivity contribution in [3.05, 3.63) is 29.6 Å². The molecule has 0 aliphatic rings. The maximum absolute atomic E-state index is 13.0. The zero-order chi connectivity index (χ0) is 12.4. The molecule has 1 aromatic heterocycles. The maximum Gasteiger partial charge on any atom is 0.202 e. The average Bonchev–Trinajstić information content (AvgIpc) is 2.74. The Kier molecular flexibility index (Phi) is 3.28. The summed E-state index contributed by atoms with van der Waals surface area (Å²) in [5.41, 5.74) is 0.113. The zero-order valence-corrected chi connectivity index (χ0v) is 9.61. The van der Waals surface area contributed by atoms with E-state index < -0.39 is 17.5 Å². The van der Waals surface area contributed by atoms with Gasteiger partial charge in [-0.2, -0.15) is 9.36 Å². The number of benzene rings is 1. The predicted octanol–water partition coefficient (Wildman–Crippen LogP) is 3.05. The Morgan fingerprint density at radius 1 is 1.24 bits per heavy atom. The summed E-state index contributed by atoms with van der Waals surface area (Å²) in [4.78, 5) is 4.02. The molecule has 3 nitrogen and oxygen atoms in total. The fourth-order valence-electron chi connectivity index (χ4n) is 1.25. The van der Waals surface area contributed by atoms with Crippen molar-refractivity contribution in [3.8, 4) is 11.4 Å². The SMILES string of the molecule is CCNc1nc(-c2cc(F)c(F)c(F)c2)ns1. The van der Waals surface area contributed by atoms with E-state index >= 15 is 0 Å².